The predicted octanol–water partition coefficient (Wildman–Crippen LogP) is 5.09. The lowest BCUT2D eigenvalue weighted by molar-refractivity contribution is -0.108. The summed E-state index contributed by atoms with van der Waals surface area (Å²) in [5.41, 5.74) is 1.72. The summed E-state index contributed by atoms with van der Waals surface area (Å²) in [6, 6.07) is 4.28. The zero-order valence-electron chi connectivity index (χ0n) is 26.8. The van der Waals surface area contributed by atoms with Crippen molar-refractivity contribution in [1.82, 2.24) is 19.8 Å². The first-order valence-electron chi connectivity index (χ1n) is 15.9. The van der Waals surface area contributed by atoms with E-state index in [4.69, 9.17) is 21.1 Å². The molecule has 3 aliphatic rings. The van der Waals surface area contributed by atoms with Crippen molar-refractivity contribution in [1.29, 1.82) is 0 Å². The van der Waals surface area contributed by atoms with Gasteiger partial charge in [-0.05, 0) is 63.6 Å². The summed E-state index contributed by atoms with van der Waals surface area (Å²) in [4.78, 5) is 40.4. The average Bonchev–Trinajstić information content (AvgIpc) is 3.30. The lowest BCUT2D eigenvalue weighted by Crippen LogP contribution is -2.62. The number of amides is 1. The van der Waals surface area contributed by atoms with Gasteiger partial charge in [-0.25, -0.2) is 19.2 Å². The number of halogens is 2. The highest BCUT2D eigenvalue weighted by molar-refractivity contribution is 6.30. The third-order valence-electron chi connectivity index (χ3n) is 9.37. The summed E-state index contributed by atoms with van der Waals surface area (Å²) in [6.07, 6.45) is 3.14. The molecule has 6 atom stereocenters. The van der Waals surface area contributed by atoms with Crippen molar-refractivity contribution >= 4 is 29.8 Å². The number of aliphatic hydroxyl groups is 1. The van der Waals surface area contributed by atoms with E-state index in [9.17, 15) is 14.7 Å². The Bertz CT molecular complexity index is 1370. The summed E-state index contributed by atoms with van der Waals surface area (Å²) in [7, 11) is 1.70. The monoisotopic (exact) mass is 645 g/mol. The number of aliphatic hydroxyl groups excluding tert-OH is 1. The van der Waals surface area contributed by atoms with Gasteiger partial charge in [0.1, 0.15) is 29.8 Å². The molecule has 1 aliphatic heterocycles. The Morgan fingerprint density at radius 3 is 2.58 bits per heavy atom. The molecular formula is C33H45ClFN5O5. The number of aromatic nitrogens is 2. The number of methoxy groups -OCH3 is 1. The van der Waals surface area contributed by atoms with Gasteiger partial charge >= 0.3 is 6.09 Å². The highest BCUT2D eigenvalue weighted by Crippen LogP contribution is 2.44. The van der Waals surface area contributed by atoms with Gasteiger partial charge < -0.3 is 29.2 Å². The minimum Gasteiger partial charge on any atom is -0.444 e. The molecule has 1 aromatic carbocycles. The Balaban J connectivity index is 1.48. The van der Waals surface area contributed by atoms with E-state index in [2.05, 4.69) is 26.7 Å². The van der Waals surface area contributed by atoms with Gasteiger partial charge in [-0.15, -0.1) is 0 Å². The van der Waals surface area contributed by atoms with E-state index in [1.807, 2.05) is 26.8 Å². The average molecular weight is 646 g/mol. The second-order valence-electron chi connectivity index (χ2n) is 13.4. The van der Waals surface area contributed by atoms with Crippen molar-refractivity contribution in [3.63, 3.8) is 0 Å². The lowest BCUT2D eigenvalue weighted by Gasteiger charge is -2.52. The number of piperazine rings is 1. The maximum absolute atomic E-state index is 15.0. The van der Waals surface area contributed by atoms with Gasteiger partial charge in [-0.3, -0.25) is 4.90 Å². The molecular weight excluding hydrogens is 601 g/mol. The number of rotatable bonds is 8. The molecule has 12 heteroatoms. The van der Waals surface area contributed by atoms with E-state index in [-0.39, 0.29) is 48.0 Å². The zero-order valence-corrected chi connectivity index (χ0v) is 27.5. The van der Waals surface area contributed by atoms with Crippen LogP contribution in [0.2, 0.25) is 5.02 Å². The molecule has 1 N–H and O–H groups in total. The van der Waals surface area contributed by atoms with Crippen LogP contribution in [-0.2, 0) is 14.3 Å². The standard InChI is InChI=1S/C33H45ClFN5O5/c1-20-17-25(42)29-27(20)31(37-19-36-29)39-14-12-38(13-15-39)30-26(44-5)10-9-24(28(30)21-7-8-22(34)23(35)18-21)40(11-6-16-41)32(43)45-33(2,3)4/h7-8,16,18-20,24-26,28,30,42H,6,9-15,17H2,1-5H3/t20-,24-,25-,26+,28?,30-/m1/s1. The Hall–Kier alpha value is -2.86. The first kappa shape index (κ1) is 33.5. The normalized spacial score (nSPS) is 27.2. The molecule has 2 aliphatic carbocycles. The number of hydrogen-bond donors (Lipinski definition) is 1. The molecule has 246 valence electrons. The smallest absolute Gasteiger partial charge is 0.410 e. The molecule has 1 saturated heterocycles. The van der Waals surface area contributed by atoms with Gasteiger partial charge in [0, 0.05) is 69.8 Å². The van der Waals surface area contributed by atoms with Crippen LogP contribution in [0, 0.1) is 5.82 Å². The van der Waals surface area contributed by atoms with Crippen LogP contribution in [-0.4, -0.2) is 101 Å². The highest BCUT2D eigenvalue weighted by Gasteiger charge is 2.48. The van der Waals surface area contributed by atoms with Crippen molar-refractivity contribution < 1.29 is 28.6 Å². The first-order chi connectivity index (χ1) is 21.4. The topological polar surface area (TPSA) is 108 Å². The lowest BCUT2D eigenvalue weighted by atomic mass is 9.73. The predicted molar refractivity (Wildman–Crippen MR) is 169 cm³/mol. The fraction of sp³-hybridized carbons (Fsp3) is 0.636. The van der Waals surface area contributed by atoms with E-state index < -0.39 is 23.6 Å². The Morgan fingerprint density at radius 2 is 1.93 bits per heavy atom. The summed E-state index contributed by atoms with van der Waals surface area (Å²) < 4.78 is 27.0. The van der Waals surface area contributed by atoms with E-state index in [1.165, 1.54) is 12.4 Å². The van der Waals surface area contributed by atoms with Crippen molar-refractivity contribution in [3.05, 3.63) is 52.2 Å². The fourth-order valence-corrected chi connectivity index (χ4v) is 7.56. The van der Waals surface area contributed by atoms with Crippen LogP contribution < -0.4 is 4.90 Å². The Kier molecular flexibility index (Phi) is 10.3. The summed E-state index contributed by atoms with van der Waals surface area (Å²) in [6.45, 7) is 10.5. The summed E-state index contributed by atoms with van der Waals surface area (Å²) in [5, 5.41) is 10.5. The zero-order chi connectivity index (χ0) is 32.5. The van der Waals surface area contributed by atoms with Crippen LogP contribution in [0.3, 0.4) is 0 Å². The van der Waals surface area contributed by atoms with Crippen molar-refractivity contribution in [2.24, 2.45) is 0 Å². The number of nitrogens with zero attached hydrogens (tertiary/aromatic N) is 5. The van der Waals surface area contributed by atoms with Gasteiger partial charge in [0.25, 0.3) is 0 Å². The number of aldehydes is 1. The quantitative estimate of drug-likeness (QED) is 0.393. The van der Waals surface area contributed by atoms with Crippen molar-refractivity contribution in [2.75, 3.05) is 44.7 Å². The number of benzene rings is 1. The number of hydrogen-bond acceptors (Lipinski definition) is 9. The molecule has 1 aromatic heterocycles. The van der Waals surface area contributed by atoms with Crippen LogP contribution in [0.4, 0.5) is 15.0 Å². The number of ether oxygens (including phenoxy) is 2. The van der Waals surface area contributed by atoms with Gasteiger partial charge in [-0.2, -0.15) is 0 Å². The molecule has 1 saturated carbocycles. The van der Waals surface area contributed by atoms with Crippen molar-refractivity contribution in [3.8, 4) is 0 Å². The van der Waals surface area contributed by atoms with Gasteiger partial charge in [0.05, 0.1) is 22.9 Å². The Labute approximate surface area is 269 Å². The maximum atomic E-state index is 15.0. The first-order valence-corrected chi connectivity index (χ1v) is 16.2. The van der Waals surface area contributed by atoms with Gasteiger partial charge in [0.15, 0.2) is 0 Å². The van der Waals surface area contributed by atoms with E-state index >= 15 is 4.39 Å². The molecule has 45 heavy (non-hydrogen) atoms. The van der Waals surface area contributed by atoms with Crippen LogP contribution in [0.1, 0.15) is 88.1 Å². The molecule has 1 unspecified atom stereocenters. The second-order valence-corrected chi connectivity index (χ2v) is 13.8. The molecule has 0 spiro atoms. The number of anilines is 1. The minimum atomic E-state index is -0.730. The fourth-order valence-electron chi connectivity index (χ4n) is 7.44. The maximum Gasteiger partial charge on any atom is 0.410 e. The number of carbonyl (C=O) groups is 2. The highest BCUT2D eigenvalue weighted by atomic mass is 35.5. The van der Waals surface area contributed by atoms with E-state index in [0.717, 1.165) is 17.7 Å². The third-order valence-corrected chi connectivity index (χ3v) is 9.68. The van der Waals surface area contributed by atoms with E-state index in [1.54, 1.807) is 18.1 Å². The van der Waals surface area contributed by atoms with Crippen LogP contribution in [0.25, 0.3) is 0 Å². The second kappa shape index (κ2) is 13.9. The molecule has 2 heterocycles. The molecule has 2 fully saturated rings. The third kappa shape index (κ3) is 7.11. The SMILES string of the molecule is CO[C@H]1CC[C@@H](N(CCC=O)C(=O)OC(C)(C)C)C(c2ccc(Cl)c(F)c2)[C@@H]1N1CCN(c2ncnc3c2[C@H](C)C[C@H]3O)CC1. The summed E-state index contributed by atoms with van der Waals surface area (Å²) in [5.74, 6) is 0.159. The van der Waals surface area contributed by atoms with Gasteiger partial charge in [0.2, 0.25) is 0 Å². The van der Waals surface area contributed by atoms with Crippen LogP contribution >= 0.6 is 11.6 Å². The molecule has 10 nitrogen and oxygen atoms in total. The number of carbonyl (C=O) groups excluding carboxylic acids is 2. The molecule has 0 radical (unpaired) electrons. The van der Waals surface area contributed by atoms with Gasteiger partial charge in [-0.1, -0.05) is 24.6 Å². The van der Waals surface area contributed by atoms with Crippen LogP contribution in [0.15, 0.2) is 24.5 Å². The Morgan fingerprint density at radius 1 is 1.20 bits per heavy atom. The largest absolute Gasteiger partial charge is 0.444 e. The molecule has 1 amide bonds. The van der Waals surface area contributed by atoms with Crippen molar-refractivity contribution in [2.45, 2.75) is 95.1 Å². The van der Waals surface area contributed by atoms with E-state index in [0.29, 0.717) is 56.7 Å². The molecule has 0 bridgehead atoms. The summed E-state index contributed by atoms with van der Waals surface area (Å²) >= 11 is 6.12. The van der Waals surface area contributed by atoms with Crippen LogP contribution in [0.5, 0.6) is 0 Å². The number of fused-ring (bicyclic) bond motifs is 1. The molecule has 5 rings (SSSR count). The molecule has 2 aromatic rings. The minimum absolute atomic E-state index is 0.0289.